The Morgan fingerprint density at radius 3 is 2.44 bits per heavy atom. The minimum Gasteiger partial charge on any atom is -0.383 e. The molecule has 16 heavy (non-hydrogen) atoms. The lowest BCUT2D eigenvalue weighted by Gasteiger charge is -2.53. The molecule has 0 aromatic rings. The van der Waals surface area contributed by atoms with Gasteiger partial charge in [0.1, 0.15) is 0 Å². The molecule has 3 heteroatoms. The van der Waals surface area contributed by atoms with Crippen molar-refractivity contribution in [2.45, 2.75) is 26.7 Å². The van der Waals surface area contributed by atoms with Crippen molar-refractivity contribution < 1.29 is 4.74 Å². The number of nitrogens with zero attached hydrogens (tertiary/aromatic N) is 2. The molecule has 1 spiro atoms. The second kappa shape index (κ2) is 6.58. The molecule has 2 aliphatic heterocycles. The van der Waals surface area contributed by atoms with Gasteiger partial charge in [-0.05, 0) is 26.4 Å². The van der Waals surface area contributed by atoms with Crippen LogP contribution in [0.4, 0.5) is 0 Å². The summed E-state index contributed by atoms with van der Waals surface area (Å²) in [7, 11) is 4.01. The van der Waals surface area contributed by atoms with Crippen LogP contribution in [-0.4, -0.2) is 63.3 Å². The fourth-order valence-electron chi connectivity index (χ4n) is 3.08. The van der Waals surface area contributed by atoms with Crippen LogP contribution >= 0.6 is 0 Å². The number of piperidine rings is 1. The van der Waals surface area contributed by atoms with Gasteiger partial charge in [0.05, 0.1) is 6.61 Å². The summed E-state index contributed by atoms with van der Waals surface area (Å²) < 4.78 is 5.13. The molecule has 2 heterocycles. The van der Waals surface area contributed by atoms with Gasteiger partial charge in [-0.3, -0.25) is 0 Å². The Bertz CT molecular complexity index is 185. The summed E-state index contributed by atoms with van der Waals surface area (Å²) in [5.74, 6) is 0. The smallest absolute Gasteiger partial charge is 0.0589 e. The van der Waals surface area contributed by atoms with Gasteiger partial charge in [0.15, 0.2) is 0 Å². The minimum absolute atomic E-state index is 0.640. The third-order valence-corrected chi connectivity index (χ3v) is 3.56. The summed E-state index contributed by atoms with van der Waals surface area (Å²) >= 11 is 0. The van der Waals surface area contributed by atoms with Crippen molar-refractivity contribution in [3.05, 3.63) is 0 Å². The molecule has 2 saturated heterocycles. The predicted octanol–water partition coefficient (Wildman–Crippen LogP) is 1.69. The Morgan fingerprint density at radius 1 is 1.19 bits per heavy atom. The molecule has 0 radical (unpaired) electrons. The summed E-state index contributed by atoms with van der Waals surface area (Å²) in [5.41, 5.74) is 0.640. The molecular formula is C13H28N2O. The molecule has 0 saturated carbocycles. The molecule has 0 amide bonds. The molecule has 0 aromatic heterocycles. The lowest BCUT2D eigenvalue weighted by Crippen LogP contribution is -2.61. The fraction of sp³-hybridized carbons (Fsp3) is 1.00. The molecule has 0 unspecified atom stereocenters. The maximum atomic E-state index is 5.13. The molecule has 3 nitrogen and oxygen atoms in total. The van der Waals surface area contributed by atoms with Crippen LogP contribution in [0.1, 0.15) is 26.7 Å². The minimum atomic E-state index is 0.640. The Morgan fingerprint density at radius 2 is 1.88 bits per heavy atom. The quantitative estimate of drug-likeness (QED) is 0.731. The number of ether oxygens (including phenoxy) is 1. The van der Waals surface area contributed by atoms with E-state index in [1.54, 1.807) is 7.11 Å². The van der Waals surface area contributed by atoms with Gasteiger partial charge < -0.3 is 14.5 Å². The van der Waals surface area contributed by atoms with Gasteiger partial charge in [0.2, 0.25) is 0 Å². The largest absolute Gasteiger partial charge is 0.383 e. The van der Waals surface area contributed by atoms with Crippen LogP contribution in [0, 0.1) is 5.41 Å². The van der Waals surface area contributed by atoms with Gasteiger partial charge in [-0.2, -0.15) is 0 Å². The summed E-state index contributed by atoms with van der Waals surface area (Å²) in [5, 5.41) is 0. The first-order valence-corrected chi connectivity index (χ1v) is 6.64. The summed E-state index contributed by atoms with van der Waals surface area (Å²) in [6.45, 7) is 11.2. The molecule has 0 atom stereocenters. The molecule has 0 bridgehead atoms. The maximum Gasteiger partial charge on any atom is 0.0589 e. The van der Waals surface area contributed by atoms with Crippen molar-refractivity contribution in [2.24, 2.45) is 5.41 Å². The van der Waals surface area contributed by atoms with E-state index < -0.39 is 0 Å². The molecule has 0 aliphatic carbocycles. The van der Waals surface area contributed by atoms with E-state index in [4.69, 9.17) is 4.74 Å². The van der Waals surface area contributed by atoms with Crippen molar-refractivity contribution in [1.82, 2.24) is 9.80 Å². The third-order valence-electron chi connectivity index (χ3n) is 3.56. The summed E-state index contributed by atoms with van der Waals surface area (Å²) in [4.78, 5) is 5.00. The topological polar surface area (TPSA) is 15.7 Å². The monoisotopic (exact) mass is 228 g/mol. The van der Waals surface area contributed by atoms with E-state index in [9.17, 15) is 0 Å². The summed E-state index contributed by atoms with van der Waals surface area (Å²) in [6, 6.07) is 0. The zero-order valence-corrected chi connectivity index (χ0v) is 11.5. The number of rotatable bonds is 3. The Kier molecular flexibility index (Phi) is 5.73. The van der Waals surface area contributed by atoms with Crippen molar-refractivity contribution in [3.8, 4) is 0 Å². The van der Waals surface area contributed by atoms with E-state index in [2.05, 4.69) is 16.8 Å². The van der Waals surface area contributed by atoms with Crippen LogP contribution in [-0.2, 0) is 4.74 Å². The normalized spacial score (nSPS) is 24.8. The van der Waals surface area contributed by atoms with Crippen molar-refractivity contribution in [2.75, 3.05) is 53.5 Å². The van der Waals surface area contributed by atoms with Crippen LogP contribution in [0.15, 0.2) is 0 Å². The van der Waals surface area contributed by atoms with Crippen LogP contribution in [0.3, 0.4) is 0 Å². The summed E-state index contributed by atoms with van der Waals surface area (Å²) in [6.07, 6.45) is 2.80. The number of hydrogen-bond donors (Lipinski definition) is 0. The average molecular weight is 228 g/mol. The molecule has 2 aliphatic rings. The molecular weight excluding hydrogens is 200 g/mol. The van der Waals surface area contributed by atoms with Crippen molar-refractivity contribution in [3.63, 3.8) is 0 Å². The van der Waals surface area contributed by atoms with E-state index >= 15 is 0 Å². The van der Waals surface area contributed by atoms with E-state index in [-0.39, 0.29) is 0 Å². The highest BCUT2D eigenvalue weighted by molar-refractivity contribution is 4.97. The van der Waals surface area contributed by atoms with Crippen molar-refractivity contribution in [1.29, 1.82) is 0 Å². The highest BCUT2D eigenvalue weighted by atomic mass is 16.5. The highest BCUT2D eigenvalue weighted by Crippen LogP contribution is 2.37. The van der Waals surface area contributed by atoms with E-state index in [1.807, 2.05) is 13.8 Å². The Labute approximate surface area is 101 Å². The van der Waals surface area contributed by atoms with Crippen molar-refractivity contribution >= 4 is 0 Å². The van der Waals surface area contributed by atoms with Gasteiger partial charge in [-0.25, -0.2) is 0 Å². The number of methoxy groups -OCH3 is 1. The Balaban J connectivity index is 0.000000606. The van der Waals surface area contributed by atoms with Gasteiger partial charge in [-0.1, -0.05) is 13.8 Å². The second-order valence-corrected chi connectivity index (χ2v) is 5.04. The lowest BCUT2D eigenvalue weighted by molar-refractivity contribution is -0.0442. The van der Waals surface area contributed by atoms with Crippen LogP contribution in [0.25, 0.3) is 0 Å². The van der Waals surface area contributed by atoms with Gasteiger partial charge in [-0.15, -0.1) is 0 Å². The molecule has 2 rings (SSSR count). The van der Waals surface area contributed by atoms with Crippen LogP contribution in [0.2, 0.25) is 0 Å². The number of likely N-dealkylation sites (tertiary alicyclic amines) is 2. The van der Waals surface area contributed by atoms with E-state index in [0.717, 1.165) is 13.2 Å². The van der Waals surface area contributed by atoms with Crippen LogP contribution in [0.5, 0.6) is 0 Å². The molecule has 0 aromatic carbocycles. The molecule has 2 fully saturated rings. The lowest BCUT2D eigenvalue weighted by atomic mass is 9.73. The first kappa shape index (κ1) is 13.9. The van der Waals surface area contributed by atoms with E-state index in [1.165, 1.54) is 39.0 Å². The SMILES string of the molecule is CC.COCCN1CCCC2(CN(C)C2)C1. The van der Waals surface area contributed by atoms with Crippen LogP contribution < -0.4 is 0 Å². The second-order valence-electron chi connectivity index (χ2n) is 5.04. The number of hydrogen-bond acceptors (Lipinski definition) is 3. The average Bonchev–Trinajstić information content (AvgIpc) is 2.28. The maximum absolute atomic E-state index is 5.13. The van der Waals surface area contributed by atoms with Gasteiger partial charge in [0.25, 0.3) is 0 Å². The first-order valence-electron chi connectivity index (χ1n) is 6.64. The predicted molar refractivity (Wildman–Crippen MR) is 68.8 cm³/mol. The zero-order chi connectivity index (χ0) is 12.0. The Hall–Kier alpha value is -0.120. The van der Waals surface area contributed by atoms with Gasteiger partial charge in [0, 0.05) is 38.7 Å². The highest BCUT2D eigenvalue weighted by Gasteiger charge is 2.43. The van der Waals surface area contributed by atoms with Gasteiger partial charge >= 0.3 is 0 Å². The zero-order valence-electron chi connectivity index (χ0n) is 11.5. The first-order chi connectivity index (χ1) is 7.74. The third kappa shape index (κ3) is 3.44. The van der Waals surface area contributed by atoms with E-state index in [0.29, 0.717) is 5.41 Å². The molecule has 96 valence electrons. The standard InChI is InChI=1S/C11H22N2O.C2H6/c1-12-8-11(9-12)4-3-5-13(10-11)6-7-14-2;1-2/h3-10H2,1-2H3;1-2H3. The molecule has 0 N–H and O–H groups in total. The fourth-order valence-corrected chi connectivity index (χ4v) is 3.08.